The lowest BCUT2D eigenvalue weighted by Gasteiger charge is -2.14. The highest BCUT2D eigenvalue weighted by atomic mass is 32.1. The fourth-order valence-corrected chi connectivity index (χ4v) is 0.801. The number of thiocarbonyl (C=S) groups is 1. The Kier molecular flexibility index (Phi) is 2.65. The molecule has 4 nitrogen and oxygen atoms in total. The maximum atomic E-state index is 10.9. The summed E-state index contributed by atoms with van der Waals surface area (Å²) in [5.74, 6) is -0.348. The number of nitrogens with zero attached hydrogens (tertiary/aromatic N) is 1. The summed E-state index contributed by atoms with van der Waals surface area (Å²) in [4.78, 5) is 12.6. The molecule has 1 aliphatic rings. The van der Waals surface area contributed by atoms with E-state index in [1.54, 1.807) is 25.1 Å². The van der Waals surface area contributed by atoms with Gasteiger partial charge in [0.2, 0.25) is 0 Å². The van der Waals surface area contributed by atoms with Crippen LogP contribution in [0.1, 0.15) is 0 Å². The first-order chi connectivity index (χ1) is 5.61. The van der Waals surface area contributed by atoms with Crippen LogP contribution in [0.5, 0.6) is 0 Å². The molecular weight excluding hydrogens is 176 g/mol. The van der Waals surface area contributed by atoms with Crippen molar-refractivity contribution in [2.24, 2.45) is 0 Å². The summed E-state index contributed by atoms with van der Waals surface area (Å²) in [6.07, 6.45) is 1.66. The number of hydrogen-bond acceptors (Lipinski definition) is 3. The summed E-state index contributed by atoms with van der Waals surface area (Å²) >= 11 is 4.93. The van der Waals surface area contributed by atoms with Crippen LogP contribution in [0.25, 0.3) is 0 Å². The molecule has 0 atom stereocenters. The minimum absolute atomic E-state index is 0.331. The maximum absolute atomic E-state index is 10.9. The van der Waals surface area contributed by atoms with E-state index in [2.05, 4.69) is 10.1 Å². The summed E-state index contributed by atoms with van der Waals surface area (Å²) in [5, 5.41) is 3.27. The molecular formula is C7H10N2O2S. The zero-order valence-electron chi connectivity index (χ0n) is 6.96. The molecule has 0 radical (unpaired) electrons. The van der Waals surface area contributed by atoms with Crippen molar-refractivity contribution in [2.45, 2.75) is 0 Å². The second kappa shape index (κ2) is 3.53. The Bertz CT molecular complexity index is 248. The molecule has 66 valence electrons. The van der Waals surface area contributed by atoms with E-state index in [4.69, 9.17) is 12.2 Å². The van der Waals surface area contributed by atoms with Crippen LogP contribution in [0.2, 0.25) is 0 Å². The predicted octanol–water partition coefficient (Wildman–Crippen LogP) is -0.137. The molecule has 0 saturated heterocycles. The van der Waals surface area contributed by atoms with Crippen LogP contribution in [-0.4, -0.2) is 36.7 Å². The van der Waals surface area contributed by atoms with Crippen molar-refractivity contribution < 1.29 is 9.53 Å². The quantitative estimate of drug-likeness (QED) is 0.456. The predicted molar refractivity (Wildman–Crippen MR) is 48.5 cm³/mol. The number of hydrogen-bond donors (Lipinski definition) is 1. The van der Waals surface area contributed by atoms with E-state index >= 15 is 0 Å². The Morgan fingerprint density at radius 1 is 1.75 bits per heavy atom. The van der Waals surface area contributed by atoms with Crippen LogP contribution in [0.4, 0.5) is 0 Å². The van der Waals surface area contributed by atoms with E-state index in [1.165, 1.54) is 0 Å². The highest BCUT2D eigenvalue weighted by molar-refractivity contribution is 7.80. The summed E-state index contributed by atoms with van der Waals surface area (Å²) < 4.78 is 4.67. The van der Waals surface area contributed by atoms with E-state index in [9.17, 15) is 4.79 Å². The summed E-state index contributed by atoms with van der Waals surface area (Å²) in [6.45, 7) is 0.331. The first-order valence-corrected chi connectivity index (χ1v) is 3.87. The molecule has 0 spiro atoms. The first-order valence-electron chi connectivity index (χ1n) is 3.47. The van der Waals surface area contributed by atoms with Crippen molar-refractivity contribution in [2.75, 3.05) is 20.7 Å². The molecule has 0 amide bonds. The van der Waals surface area contributed by atoms with Crippen LogP contribution in [0.3, 0.4) is 0 Å². The van der Waals surface area contributed by atoms with Crippen molar-refractivity contribution in [3.8, 4) is 0 Å². The van der Waals surface area contributed by atoms with Gasteiger partial charge in [0.05, 0.1) is 0 Å². The van der Waals surface area contributed by atoms with Crippen LogP contribution < -0.4 is 5.32 Å². The summed E-state index contributed by atoms with van der Waals surface area (Å²) in [6, 6.07) is 0. The molecule has 0 aromatic heterocycles. The van der Waals surface area contributed by atoms with Gasteiger partial charge in [0, 0.05) is 14.1 Å². The number of carbonyl (C=O) groups is 1. The molecule has 1 N–H and O–H groups in total. The van der Waals surface area contributed by atoms with Gasteiger partial charge in [0.15, 0.2) is 5.11 Å². The Labute approximate surface area is 76.2 Å². The Balaban J connectivity index is 2.52. The average molecular weight is 186 g/mol. The van der Waals surface area contributed by atoms with E-state index in [0.717, 1.165) is 0 Å². The van der Waals surface area contributed by atoms with Crippen LogP contribution in [-0.2, 0) is 9.53 Å². The van der Waals surface area contributed by atoms with Crippen molar-refractivity contribution in [3.05, 3.63) is 11.8 Å². The third-order valence-electron chi connectivity index (χ3n) is 1.37. The molecule has 0 saturated carbocycles. The van der Waals surface area contributed by atoms with Crippen LogP contribution in [0.15, 0.2) is 11.8 Å². The maximum Gasteiger partial charge on any atom is 0.354 e. The van der Waals surface area contributed by atoms with Gasteiger partial charge in [-0.2, -0.15) is 0 Å². The van der Waals surface area contributed by atoms with E-state index in [0.29, 0.717) is 17.4 Å². The second-order valence-corrected chi connectivity index (χ2v) is 2.93. The lowest BCUT2D eigenvalue weighted by molar-refractivity contribution is -0.136. The topological polar surface area (TPSA) is 41.6 Å². The third kappa shape index (κ3) is 1.94. The average Bonchev–Trinajstić information content (AvgIpc) is 2.36. The lowest BCUT2D eigenvalue weighted by Crippen LogP contribution is -2.35. The smallest absolute Gasteiger partial charge is 0.354 e. The van der Waals surface area contributed by atoms with Gasteiger partial charge in [-0.15, -0.1) is 0 Å². The van der Waals surface area contributed by atoms with Gasteiger partial charge in [-0.25, -0.2) is 4.79 Å². The lowest BCUT2D eigenvalue weighted by atomic mass is 10.4. The monoisotopic (exact) mass is 186 g/mol. The fourth-order valence-electron chi connectivity index (χ4n) is 0.691. The van der Waals surface area contributed by atoms with Crippen LogP contribution >= 0.6 is 12.2 Å². The number of esters is 1. The molecule has 0 fully saturated rings. The van der Waals surface area contributed by atoms with Crippen molar-refractivity contribution in [1.82, 2.24) is 10.2 Å². The molecule has 0 aromatic carbocycles. The Morgan fingerprint density at radius 2 is 2.42 bits per heavy atom. The zero-order chi connectivity index (χ0) is 9.14. The number of carbonyl (C=O) groups excluding carboxylic acids is 1. The van der Waals surface area contributed by atoms with Crippen molar-refractivity contribution >= 4 is 23.3 Å². The van der Waals surface area contributed by atoms with Crippen LogP contribution in [0, 0.1) is 0 Å². The number of cyclic esters (lactones) is 1. The highest BCUT2D eigenvalue weighted by Crippen LogP contribution is 2.02. The normalized spacial score (nSPS) is 15.2. The van der Waals surface area contributed by atoms with E-state index in [1.807, 2.05) is 0 Å². The van der Waals surface area contributed by atoms with E-state index < -0.39 is 0 Å². The second-order valence-electron chi connectivity index (χ2n) is 2.54. The van der Waals surface area contributed by atoms with Gasteiger partial charge < -0.3 is 15.0 Å². The fraction of sp³-hybridized carbons (Fsp3) is 0.429. The molecule has 1 rings (SSSR count). The third-order valence-corrected chi connectivity index (χ3v) is 1.84. The molecule has 0 unspecified atom stereocenters. The standard InChI is InChI=1S/C7H10N2O2S/c1-9(2)7(12)8-5-3-4-11-6(5)10/h3H,4H2,1-2H3,(H,8,12). The number of nitrogens with one attached hydrogen (secondary N) is 1. The molecule has 0 aromatic rings. The van der Waals surface area contributed by atoms with Gasteiger partial charge >= 0.3 is 5.97 Å². The van der Waals surface area contributed by atoms with Crippen molar-refractivity contribution in [1.29, 1.82) is 0 Å². The molecule has 5 heteroatoms. The molecule has 0 aliphatic carbocycles. The summed E-state index contributed by atoms with van der Waals surface area (Å²) in [5.41, 5.74) is 0.425. The first kappa shape index (κ1) is 8.99. The van der Waals surface area contributed by atoms with Gasteiger partial charge in [-0.1, -0.05) is 0 Å². The number of ether oxygens (including phenoxy) is 1. The molecule has 12 heavy (non-hydrogen) atoms. The van der Waals surface area contributed by atoms with Gasteiger partial charge in [0.25, 0.3) is 0 Å². The molecule has 0 bridgehead atoms. The Hall–Kier alpha value is -1.10. The Morgan fingerprint density at radius 3 is 2.83 bits per heavy atom. The highest BCUT2D eigenvalue weighted by Gasteiger charge is 2.17. The minimum atomic E-state index is -0.348. The number of rotatable bonds is 1. The largest absolute Gasteiger partial charge is 0.457 e. The van der Waals surface area contributed by atoms with E-state index in [-0.39, 0.29) is 5.97 Å². The SMILES string of the molecule is CN(C)C(=S)NC1=CCOC1=O. The minimum Gasteiger partial charge on any atom is -0.457 e. The molecule has 1 heterocycles. The van der Waals surface area contributed by atoms with Gasteiger partial charge in [-0.05, 0) is 18.3 Å². The molecule has 1 aliphatic heterocycles. The zero-order valence-corrected chi connectivity index (χ0v) is 7.77. The van der Waals surface area contributed by atoms with Gasteiger partial charge in [0.1, 0.15) is 12.3 Å². The van der Waals surface area contributed by atoms with Gasteiger partial charge in [-0.3, -0.25) is 0 Å². The van der Waals surface area contributed by atoms with Crippen molar-refractivity contribution in [3.63, 3.8) is 0 Å². The summed E-state index contributed by atoms with van der Waals surface area (Å²) in [7, 11) is 3.60.